The second kappa shape index (κ2) is 4.75. The topological polar surface area (TPSA) is 85.3 Å². The summed E-state index contributed by atoms with van der Waals surface area (Å²) >= 11 is 5.59. The highest BCUT2D eigenvalue weighted by Gasteiger charge is 2.24. The molecule has 0 aliphatic carbocycles. The van der Waals surface area contributed by atoms with Crippen molar-refractivity contribution in [3.8, 4) is 0 Å². The van der Waals surface area contributed by atoms with Gasteiger partial charge in [-0.1, -0.05) is 5.16 Å². The van der Waals surface area contributed by atoms with Crippen molar-refractivity contribution in [2.75, 3.05) is 0 Å². The van der Waals surface area contributed by atoms with E-state index in [2.05, 4.69) is 9.88 Å². The molecule has 0 radical (unpaired) electrons. The van der Waals surface area contributed by atoms with Gasteiger partial charge in [0.15, 0.2) is 11.0 Å². The van der Waals surface area contributed by atoms with Crippen LogP contribution >= 0.6 is 11.6 Å². The average Bonchev–Trinajstić information content (AvgIpc) is 2.83. The number of rotatable bonds is 4. The molecule has 98 valence electrons. The van der Waals surface area contributed by atoms with Gasteiger partial charge in [0.1, 0.15) is 16.3 Å². The highest BCUT2D eigenvalue weighted by Crippen LogP contribution is 2.19. The van der Waals surface area contributed by atoms with Crippen LogP contribution in [0.5, 0.6) is 0 Å². The van der Waals surface area contributed by atoms with Crippen LogP contribution in [0.3, 0.4) is 0 Å². The second-order valence-corrected chi connectivity index (χ2v) is 5.76. The van der Waals surface area contributed by atoms with Gasteiger partial charge in [-0.2, -0.15) is 0 Å². The molecular formula is C10H11ClN2O4S. The summed E-state index contributed by atoms with van der Waals surface area (Å²) in [4.78, 5) is 0.0557. The Morgan fingerprint density at radius 1 is 1.39 bits per heavy atom. The number of furan rings is 1. The number of hydrogen-bond donors (Lipinski definition) is 1. The molecule has 2 aromatic heterocycles. The number of hydrogen-bond acceptors (Lipinski definition) is 5. The van der Waals surface area contributed by atoms with E-state index >= 15 is 0 Å². The molecule has 0 saturated carbocycles. The summed E-state index contributed by atoms with van der Waals surface area (Å²) in [5, 5.41) is 3.81. The first kappa shape index (κ1) is 13.1. The number of sulfonamides is 1. The van der Waals surface area contributed by atoms with E-state index in [0.29, 0.717) is 11.5 Å². The van der Waals surface area contributed by atoms with Gasteiger partial charge in [-0.05, 0) is 37.6 Å². The molecule has 0 atom stereocenters. The average molecular weight is 291 g/mol. The van der Waals surface area contributed by atoms with Crippen LogP contribution < -0.4 is 4.72 Å². The minimum atomic E-state index is -3.68. The van der Waals surface area contributed by atoms with Crippen molar-refractivity contribution >= 4 is 21.6 Å². The van der Waals surface area contributed by atoms with Crippen molar-refractivity contribution in [3.05, 3.63) is 34.6 Å². The Kier molecular flexibility index (Phi) is 3.47. The Balaban J connectivity index is 2.18. The van der Waals surface area contributed by atoms with Gasteiger partial charge in [0.05, 0.1) is 6.54 Å². The first-order chi connectivity index (χ1) is 8.40. The van der Waals surface area contributed by atoms with Gasteiger partial charge in [-0.25, -0.2) is 13.1 Å². The zero-order chi connectivity index (χ0) is 13.3. The minimum Gasteiger partial charge on any atom is -0.448 e. The van der Waals surface area contributed by atoms with Gasteiger partial charge >= 0.3 is 0 Å². The molecule has 0 aliphatic rings. The summed E-state index contributed by atoms with van der Waals surface area (Å²) < 4.78 is 36.3. The molecule has 0 unspecified atom stereocenters. The summed E-state index contributed by atoms with van der Waals surface area (Å²) in [6.07, 6.45) is 0. The van der Waals surface area contributed by atoms with E-state index in [1.807, 2.05) is 0 Å². The van der Waals surface area contributed by atoms with Crippen LogP contribution in [0.15, 0.2) is 26.0 Å². The zero-order valence-electron chi connectivity index (χ0n) is 9.73. The zero-order valence-corrected chi connectivity index (χ0v) is 11.3. The lowest BCUT2D eigenvalue weighted by atomic mass is 10.4. The molecule has 8 heteroatoms. The molecule has 0 saturated heterocycles. The quantitative estimate of drug-likeness (QED) is 0.931. The maximum atomic E-state index is 12.0. The molecule has 0 bridgehead atoms. The maximum Gasteiger partial charge on any atom is 0.246 e. The molecule has 18 heavy (non-hydrogen) atoms. The summed E-state index contributed by atoms with van der Waals surface area (Å²) in [6, 6.07) is 3.14. The Hall–Kier alpha value is -1.31. The molecule has 2 heterocycles. The molecule has 1 N–H and O–H groups in total. The van der Waals surface area contributed by atoms with Gasteiger partial charge in [0, 0.05) is 0 Å². The van der Waals surface area contributed by atoms with Crippen molar-refractivity contribution in [2.24, 2.45) is 0 Å². The molecule has 0 amide bonds. The lowest BCUT2D eigenvalue weighted by Crippen LogP contribution is -2.24. The van der Waals surface area contributed by atoms with Gasteiger partial charge < -0.3 is 8.94 Å². The number of halogens is 1. The Bertz CT molecular complexity index is 640. The molecule has 2 rings (SSSR count). The van der Waals surface area contributed by atoms with E-state index in [1.54, 1.807) is 26.0 Å². The highest BCUT2D eigenvalue weighted by molar-refractivity contribution is 7.89. The fourth-order valence-corrected chi connectivity index (χ4v) is 3.02. The lowest BCUT2D eigenvalue weighted by Gasteiger charge is -2.04. The third-order valence-corrected chi connectivity index (χ3v) is 4.15. The number of aryl methyl sites for hydroxylation is 2. The number of nitrogens with zero attached hydrogens (tertiary/aromatic N) is 1. The summed E-state index contributed by atoms with van der Waals surface area (Å²) in [6.45, 7) is 3.12. The van der Waals surface area contributed by atoms with Crippen LogP contribution in [0.2, 0.25) is 5.22 Å². The molecule has 0 aliphatic heterocycles. The summed E-state index contributed by atoms with van der Waals surface area (Å²) in [7, 11) is -3.68. The monoisotopic (exact) mass is 290 g/mol. The predicted molar refractivity (Wildman–Crippen MR) is 63.7 cm³/mol. The van der Waals surface area contributed by atoms with Crippen LogP contribution in [-0.4, -0.2) is 13.6 Å². The van der Waals surface area contributed by atoms with Crippen LogP contribution in [0.4, 0.5) is 0 Å². The normalized spacial score (nSPS) is 11.9. The molecule has 0 aromatic carbocycles. The molecule has 2 aromatic rings. The smallest absolute Gasteiger partial charge is 0.246 e. The minimum absolute atomic E-state index is 0.0130. The largest absolute Gasteiger partial charge is 0.448 e. The van der Waals surface area contributed by atoms with Gasteiger partial charge in [0.2, 0.25) is 10.0 Å². The fourth-order valence-electron chi connectivity index (χ4n) is 1.54. The van der Waals surface area contributed by atoms with Gasteiger partial charge in [-0.15, -0.1) is 0 Å². The second-order valence-electron chi connectivity index (χ2n) is 3.68. The van der Waals surface area contributed by atoms with E-state index in [0.717, 1.165) is 0 Å². The van der Waals surface area contributed by atoms with Crippen LogP contribution in [0.1, 0.15) is 17.2 Å². The Labute approximate surface area is 109 Å². The number of aromatic nitrogens is 1. The molecule has 6 nitrogen and oxygen atoms in total. The maximum absolute atomic E-state index is 12.0. The van der Waals surface area contributed by atoms with E-state index in [9.17, 15) is 8.42 Å². The third kappa shape index (κ3) is 2.58. The highest BCUT2D eigenvalue weighted by atomic mass is 35.5. The van der Waals surface area contributed by atoms with Crippen molar-refractivity contribution < 1.29 is 17.4 Å². The van der Waals surface area contributed by atoms with Crippen molar-refractivity contribution in [1.82, 2.24) is 9.88 Å². The van der Waals surface area contributed by atoms with Gasteiger partial charge in [-0.3, -0.25) is 0 Å². The van der Waals surface area contributed by atoms with E-state index in [-0.39, 0.29) is 22.4 Å². The molecule has 0 fully saturated rings. The lowest BCUT2D eigenvalue weighted by molar-refractivity contribution is 0.390. The SMILES string of the molecule is Cc1noc(C)c1S(=O)(=O)NCc1ccc(Cl)o1. The van der Waals surface area contributed by atoms with Gasteiger partial charge in [0.25, 0.3) is 0 Å². The summed E-state index contributed by atoms with van der Waals surface area (Å²) in [5.41, 5.74) is 0.317. The van der Waals surface area contributed by atoms with E-state index in [4.69, 9.17) is 20.5 Å². The van der Waals surface area contributed by atoms with Crippen LogP contribution in [0.25, 0.3) is 0 Å². The van der Waals surface area contributed by atoms with E-state index < -0.39 is 10.0 Å². The first-order valence-electron chi connectivity index (χ1n) is 5.07. The Morgan fingerprint density at radius 2 is 2.11 bits per heavy atom. The third-order valence-electron chi connectivity index (χ3n) is 2.30. The first-order valence-corrected chi connectivity index (χ1v) is 6.93. The van der Waals surface area contributed by atoms with Crippen molar-refractivity contribution in [3.63, 3.8) is 0 Å². The van der Waals surface area contributed by atoms with E-state index in [1.165, 1.54) is 0 Å². The Morgan fingerprint density at radius 3 is 2.61 bits per heavy atom. The predicted octanol–water partition coefficient (Wildman–Crippen LogP) is 2.02. The molecule has 0 spiro atoms. The van der Waals surface area contributed by atoms with Crippen LogP contribution in [0, 0.1) is 13.8 Å². The van der Waals surface area contributed by atoms with Crippen LogP contribution in [-0.2, 0) is 16.6 Å². The van der Waals surface area contributed by atoms with Crippen molar-refractivity contribution in [2.45, 2.75) is 25.3 Å². The molecular weight excluding hydrogens is 280 g/mol. The van der Waals surface area contributed by atoms with Crippen molar-refractivity contribution in [1.29, 1.82) is 0 Å². The fraction of sp³-hybridized carbons (Fsp3) is 0.300. The summed E-state index contributed by atoms with van der Waals surface area (Å²) in [5.74, 6) is 0.674. The standard InChI is InChI=1S/C10H11ClN2O4S/c1-6-10(7(2)17-13-6)18(14,15)12-5-8-3-4-9(11)16-8/h3-4,12H,5H2,1-2H3. The number of nitrogens with one attached hydrogen (secondary N) is 1.